The number of pyridine rings is 2. The van der Waals surface area contributed by atoms with Crippen molar-refractivity contribution in [2.24, 2.45) is 0 Å². The minimum atomic E-state index is -1.28. The Morgan fingerprint density at radius 3 is 2.65 bits per heavy atom. The number of ether oxygens (including phenoxy) is 1. The summed E-state index contributed by atoms with van der Waals surface area (Å²) in [6, 6.07) is 8.54. The number of aryl methyl sites for hydroxylation is 1. The van der Waals surface area contributed by atoms with Gasteiger partial charge in [0.05, 0.1) is 35.6 Å². The Kier molecular flexibility index (Phi) is 5.22. The molecular formula is C26H30N2O5Si. The van der Waals surface area contributed by atoms with Crippen molar-refractivity contribution in [3.8, 4) is 17.1 Å². The maximum absolute atomic E-state index is 13.5. The molecule has 4 heterocycles. The first kappa shape index (κ1) is 22.8. The summed E-state index contributed by atoms with van der Waals surface area (Å²) in [7, 11) is -1.28. The van der Waals surface area contributed by atoms with Crippen LogP contribution in [0.5, 0.6) is 5.75 Å². The molecule has 2 N–H and O–H groups in total. The number of aromatic hydroxyl groups is 1. The second kappa shape index (κ2) is 7.78. The van der Waals surface area contributed by atoms with Crippen molar-refractivity contribution in [3.63, 3.8) is 0 Å². The number of hydrogen-bond acceptors (Lipinski definition) is 6. The van der Waals surface area contributed by atoms with Gasteiger partial charge < -0.3 is 19.5 Å². The van der Waals surface area contributed by atoms with Gasteiger partial charge in [-0.1, -0.05) is 38.7 Å². The van der Waals surface area contributed by atoms with E-state index in [2.05, 4.69) is 19.6 Å². The lowest BCUT2D eigenvalue weighted by Gasteiger charge is -2.34. The van der Waals surface area contributed by atoms with Crippen molar-refractivity contribution in [3.05, 3.63) is 56.9 Å². The van der Waals surface area contributed by atoms with Gasteiger partial charge in [0.2, 0.25) is 0 Å². The second-order valence-electron chi connectivity index (χ2n) is 10.7. The van der Waals surface area contributed by atoms with E-state index in [0.717, 1.165) is 29.1 Å². The van der Waals surface area contributed by atoms with Crippen molar-refractivity contribution in [1.82, 2.24) is 9.55 Å². The highest BCUT2D eigenvalue weighted by Crippen LogP contribution is 2.41. The Balaban J connectivity index is 1.73. The molecule has 2 aliphatic rings. The SMILES string of the molecule is CCC1(CO)C(=O)OCc2c1cc1n(c2=O)Cc2cc3c(O)ccc(CC[Si](C)(C)C)c3nc2-1. The van der Waals surface area contributed by atoms with Crippen LogP contribution < -0.4 is 5.56 Å². The quantitative estimate of drug-likeness (QED) is 0.335. The highest BCUT2D eigenvalue weighted by Gasteiger charge is 2.46. The van der Waals surface area contributed by atoms with Crippen molar-refractivity contribution in [2.45, 2.75) is 64.0 Å². The molecule has 0 bridgehead atoms. The molecule has 0 fully saturated rings. The van der Waals surface area contributed by atoms with Gasteiger partial charge >= 0.3 is 5.97 Å². The maximum atomic E-state index is 13.5. The topological polar surface area (TPSA) is 102 Å². The van der Waals surface area contributed by atoms with Crippen LogP contribution in [-0.2, 0) is 34.5 Å². The zero-order chi connectivity index (χ0) is 24.4. The number of rotatable bonds is 5. The Labute approximate surface area is 199 Å². The molecule has 7 nitrogen and oxygen atoms in total. The highest BCUT2D eigenvalue weighted by atomic mass is 28.3. The molecule has 1 unspecified atom stereocenters. The lowest BCUT2D eigenvalue weighted by Crippen LogP contribution is -2.47. The summed E-state index contributed by atoms with van der Waals surface area (Å²) >= 11 is 0. The number of carbonyl (C=O) groups is 1. The summed E-state index contributed by atoms with van der Waals surface area (Å²) in [5.74, 6) is -0.327. The predicted molar refractivity (Wildman–Crippen MR) is 133 cm³/mol. The molecule has 5 rings (SSSR count). The van der Waals surface area contributed by atoms with Crippen LogP contribution in [-0.4, -0.2) is 40.4 Å². The average Bonchev–Trinajstić information content (AvgIpc) is 3.16. The second-order valence-corrected chi connectivity index (χ2v) is 16.3. The molecule has 0 saturated carbocycles. The fourth-order valence-corrected chi connectivity index (χ4v) is 6.18. The van der Waals surface area contributed by atoms with Crippen molar-refractivity contribution < 1.29 is 19.7 Å². The summed E-state index contributed by atoms with van der Waals surface area (Å²) in [4.78, 5) is 31.1. The zero-order valence-corrected chi connectivity index (χ0v) is 21.1. The highest BCUT2D eigenvalue weighted by molar-refractivity contribution is 6.76. The van der Waals surface area contributed by atoms with Crippen LogP contribution in [0.25, 0.3) is 22.3 Å². The number of hydrogen-bond donors (Lipinski definition) is 2. The van der Waals surface area contributed by atoms with Gasteiger partial charge in [-0.3, -0.25) is 9.59 Å². The number of esters is 1. The Bertz CT molecular complexity index is 1400. The summed E-state index contributed by atoms with van der Waals surface area (Å²) in [6.45, 7) is 8.62. The minimum absolute atomic E-state index is 0.0948. The van der Waals surface area contributed by atoms with Gasteiger partial charge in [-0.2, -0.15) is 0 Å². The van der Waals surface area contributed by atoms with E-state index in [1.165, 1.54) is 0 Å². The van der Waals surface area contributed by atoms with Crippen LogP contribution in [0.3, 0.4) is 0 Å². The van der Waals surface area contributed by atoms with E-state index in [-0.39, 0.29) is 17.9 Å². The standard InChI is InChI=1S/C26H30N2O5Si/c1-5-26(14-29)19-11-20-23-16(12-28(20)24(31)18(19)13-33-25(26)32)10-17-21(30)7-6-15(22(17)27-23)8-9-34(2,3)4/h6-7,10-11,29-30H,5,8-9,12-14H2,1-4H3. The van der Waals surface area contributed by atoms with Crippen LogP contribution >= 0.6 is 0 Å². The van der Waals surface area contributed by atoms with E-state index < -0.39 is 26.1 Å². The first-order valence-electron chi connectivity index (χ1n) is 11.8. The van der Waals surface area contributed by atoms with Crippen molar-refractivity contribution in [1.29, 1.82) is 0 Å². The molecule has 0 radical (unpaired) electrons. The van der Waals surface area contributed by atoms with Gasteiger partial charge in [-0.05, 0) is 42.2 Å². The molecule has 2 aromatic heterocycles. The average molecular weight is 479 g/mol. The number of carbonyl (C=O) groups excluding carboxylic acids is 1. The summed E-state index contributed by atoms with van der Waals surface area (Å²) < 4.78 is 6.97. The monoisotopic (exact) mass is 478 g/mol. The van der Waals surface area contributed by atoms with Gasteiger partial charge in [-0.15, -0.1) is 0 Å². The van der Waals surface area contributed by atoms with E-state index in [0.29, 0.717) is 40.9 Å². The molecule has 1 atom stereocenters. The Morgan fingerprint density at radius 1 is 1.21 bits per heavy atom. The molecular weight excluding hydrogens is 448 g/mol. The molecule has 3 aromatic rings. The maximum Gasteiger partial charge on any atom is 0.319 e. The van der Waals surface area contributed by atoms with Crippen LogP contribution in [0.15, 0.2) is 29.1 Å². The Hall–Kier alpha value is -2.97. The molecule has 8 heteroatoms. The number of aromatic nitrogens is 2. The van der Waals surface area contributed by atoms with E-state index in [4.69, 9.17) is 9.72 Å². The molecule has 2 aliphatic heterocycles. The van der Waals surface area contributed by atoms with Gasteiger partial charge in [0.15, 0.2) is 0 Å². The number of phenols is 1. The number of fused-ring (bicyclic) bond motifs is 5. The van der Waals surface area contributed by atoms with Gasteiger partial charge in [-0.25, -0.2) is 4.98 Å². The Morgan fingerprint density at radius 2 is 1.97 bits per heavy atom. The van der Waals surface area contributed by atoms with Crippen LogP contribution in [0.4, 0.5) is 0 Å². The van der Waals surface area contributed by atoms with Crippen molar-refractivity contribution >= 4 is 24.9 Å². The first-order chi connectivity index (χ1) is 16.1. The lowest BCUT2D eigenvalue weighted by atomic mass is 9.75. The number of cyclic esters (lactones) is 1. The van der Waals surface area contributed by atoms with Crippen LogP contribution in [0, 0.1) is 0 Å². The van der Waals surface area contributed by atoms with Gasteiger partial charge in [0.25, 0.3) is 5.56 Å². The fourth-order valence-electron chi connectivity index (χ4n) is 5.16. The molecule has 1 aromatic carbocycles. The van der Waals surface area contributed by atoms with Gasteiger partial charge in [0, 0.05) is 19.0 Å². The van der Waals surface area contributed by atoms with Crippen LogP contribution in [0.2, 0.25) is 25.7 Å². The third-order valence-corrected chi connectivity index (χ3v) is 9.12. The molecule has 0 saturated heterocycles. The normalized spacial score (nSPS) is 19.0. The summed E-state index contributed by atoms with van der Waals surface area (Å²) in [6.07, 6.45) is 1.20. The molecule has 0 spiro atoms. The zero-order valence-electron chi connectivity index (χ0n) is 20.1. The summed E-state index contributed by atoms with van der Waals surface area (Å²) in [5.41, 5.74) is 3.49. The van der Waals surface area contributed by atoms with Gasteiger partial charge in [0.1, 0.15) is 17.8 Å². The van der Waals surface area contributed by atoms with E-state index in [1.807, 2.05) is 25.1 Å². The third-order valence-electron chi connectivity index (χ3n) is 7.37. The van der Waals surface area contributed by atoms with Crippen LogP contribution in [0.1, 0.15) is 35.6 Å². The number of phenolic OH excluding ortho intramolecular Hbond substituents is 1. The predicted octanol–water partition coefficient (Wildman–Crippen LogP) is 3.71. The number of benzene rings is 1. The van der Waals surface area contributed by atoms with E-state index in [1.54, 1.807) is 10.6 Å². The molecule has 0 aliphatic carbocycles. The largest absolute Gasteiger partial charge is 0.507 e. The molecule has 0 amide bonds. The summed E-state index contributed by atoms with van der Waals surface area (Å²) in [5, 5.41) is 21.4. The fraction of sp³-hybridized carbons (Fsp3) is 0.423. The van der Waals surface area contributed by atoms with E-state index in [9.17, 15) is 19.8 Å². The minimum Gasteiger partial charge on any atom is -0.507 e. The van der Waals surface area contributed by atoms with E-state index >= 15 is 0 Å². The number of aliphatic hydroxyl groups is 1. The third kappa shape index (κ3) is 3.31. The number of aliphatic hydroxyl groups excluding tert-OH is 1. The first-order valence-corrected chi connectivity index (χ1v) is 15.5. The molecule has 34 heavy (non-hydrogen) atoms. The molecule has 178 valence electrons. The number of nitrogens with zero attached hydrogens (tertiary/aromatic N) is 2. The smallest absolute Gasteiger partial charge is 0.319 e. The van der Waals surface area contributed by atoms with Crippen molar-refractivity contribution in [2.75, 3.05) is 6.61 Å². The lowest BCUT2D eigenvalue weighted by molar-refractivity contribution is -0.156.